The monoisotopic (exact) mass is 372 g/mol. The molecule has 27 heavy (non-hydrogen) atoms. The van der Waals surface area contributed by atoms with Crippen molar-refractivity contribution in [2.45, 2.75) is 63.8 Å². The molecular formula is C22H28O5. The number of carbonyl (C=O) groups is 2. The van der Waals surface area contributed by atoms with Gasteiger partial charge < -0.3 is 14.9 Å². The number of Topliss-reactive ketones (excluding diaryl/α,β-unsaturated/α-hetero) is 1. The molecule has 2 N–H and O–H groups in total. The molecule has 3 saturated carbocycles. The Labute approximate surface area is 159 Å². The van der Waals surface area contributed by atoms with Gasteiger partial charge in [0, 0.05) is 16.7 Å². The van der Waals surface area contributed by atoms with Gasteiger partial charge in [-0.1, -0.05) is 25.5 Å². The van der Waals surface area contributed by atoms with Crippen molar-refractivity contribution in [3.8, 4) is 0 Å². The van der Waals surface area contributed by atoms with E-state index in [2.05, 4.69) is 6.92 Å². The third-order valence-electron chi connectivity index (χ3n) is 8.68. The fourth-order valence-corrected chi connectivity index (χ4v) is 7.20. The van der Waals surface area contributed by atoms with Gasteiger partial charge in [0.15, 0.2) is 11.6 Å². The normalized spacial score (nSPS) is 53.3. The van der Waals surface area contributed by atoms with Gasteiger partial charge in [-0.15, -0.1) is 0 Å². The van der Waals surface area contributed by atoms with E-state index in [9.17, 15) is 19.8 Å². The van der Waals surface area contributed by atoms with E-state index in [4.69, 9.17) is 4.74 Å². The summed E-state index contributed by atoms with van der Waals surface area (Å²) in [5.74, 6) is 0.295. The van der Waals surface area contributed by atoms with Crippen LogP contribution in [0, 0.1) is 28.6 Å². The second-order valence-electron chi connectivity index (χ2n) is 9.80. The lowest BCUT2D eigenvalue weighted by atomic mass is 9.46. The van der Waals surface area contributed by atoms with Crippen LogP contribution >= 0.6 is 0 Å². The molecule has 4 fully saturated rings. The topological polar surface area (TPSA) is 87.1 Å². The van der Waals surface area contributed by atoms with Gasteiger partial charge in [0.05, 0.1) is 12.7 Å². The number of epoxide rings is 1. The first-order valence-corrected chi connectivity index (χ1v) is 10.2. The Morgan fingerprint density at radius 3 is 2.74 bits per heavy atom. The van der Waals surface area contributed by atoms with Crippen LogP contribution in [0.2, 0.25) is 0 Å². The SMILES string of the molecule is C[C@]12C=CC(=O)C=C1CC[C@@H]1[C@@H]2[C@@H](O)C[C@@]2(C)[C@H]1CC[C@]2(O)C(=O)C1CO1. The van der Waals surface area contributed by atoms with Crippen LogP contribution < -0.4 is 0 Å². The van der Waals surface area contributed by atoms with Crippen molar-refractivity contribution in [1.82, 2.24) is 0 Å². The minimum atomic E-state index is -1.40. The Kier molecular flexibility index (Phi) is 3.55. The van der Waals surface area contributed by atoms with Crippen LogP contribution in [0.3, 0.4) is 0 Å². The van der Waals surface area contributed by atoms with Crippen molar-refractivity contribution in [3.05, 3.63) is 23.8 Å². The van der Waals surface area contributed by atoms with Gasteiger partial charge in [-0.3, -0.25) is 9.59 Å². The van der Waals surface area contributed by atoms with Crippen molar-refractivity contribution in [1.29, 1.82) is 0 Å². The maximum Gasteiger partial charge on any atom is 0.195 e. The van der Waals surface area contributed by atoms with Gasteiger partial charge in [0.1, 0.15) is 11.7 Å². The zero-order chi connectivity index (χ0) is 19.2. The first-order valence-electron chi connectivity index (χ1n) is 10.2. The van der Waals surface area contributed by atoms with Crippen molar-refractivity contribution in [2.75, 3.05) is 6.61 Å². The summed E-state index contributed by atoms with van der Waals surface area (Å²) < 4.78 is 5.18. The molecule has 0 aromatic heterocycles. The van der Waals surface area contributed by atoms with Crippen LogP contribution in [-0.4, -0.2) is 46.2 Å². The third kappa shape index (κ3) is 2.16. The Bertz CT molecular complexity index is 780. The summed E-state index contributed by atoms with van der Waals surface area (Å²) in [6.45, 7) is 4.54. The molecule has 0 aromatic rings. The average Bonchev–Trinajstić information content (AvgIpc) is 3.41. The molecule has 0 spiro atoms. The highest BCUT2D eigenvalue weighted by Crippen LogP contribution is 2.67. The first-order chi connectivity index (χ1) is 12.7. The molecule has 5 nitrogen and oxygen atoms in total. The van der Waals surface area contributed by atoms with E-state index >= 15 is 0 Å². The molecule has 1 saturated heterocycles. The highest BCUT2D eigenvalue weighted by molar-refractivity contribution is 6.01. The second kappa shape index (κ2) is 5.40. The summed E-state index contributed by atoms with van der Waals surface area (Å²) in [7, 11) is 0. The number of aliphatic hydroxyl groups is 2. The van der Waals surface area contributed by atoms with E-state index in [0.29, 0.717) is 19.4 Å². The predicted octanol–water partition coefficient (Wildman–Crippen LogP) is 1.96. The fourth-order valence-electron chi connectivity index (χ4n) is 7.20. The predicted molar refractivity (Wildman–Crippen MR) is 97.7 cm³/mol. The molecule has 0 radical (unpaired) electrons. The Balaban J connectivity index is 1.53. The Morgan fingerprint density at radius 2 is 2.04 bits per heavy atom. The molecule has 1 unspecified atom stereocenters. The highest BCUT2D eigenvalue weighted by atomic mass is 16.6. The number of allylic oxidation sites excluding steroid dienone is 4. The minimum Gasteiger partial charge on any atom is -0.393 e. The zero-order valence-corrected chi connectivity index (χ0v) is 16.0. The number of hydrogen-bond donors (Lipinski definition) is 2. The van der Waals surface area contributed by atoms with Crippen LogP contribution in [0.25, 0.3) is 0 Å². The van der Waals surface area contributed by atoms with Gasteiger partial charge in [0.25, 0.3) is 0 Å². The molecule has 0 bridgehead atoms. The lowest BCUT2D eigenvalue weighted by Crippen LogP contribution is -2.62. The third-order valence-corrected chi connectivity index (χ3v) is 8.68. The van der Waals surface area contributed by atoms with Gasteiger partial charge in [-0.05, 0) is 56.1 Å². The van der Waals surface area contributed by atoms with Crippen LogP contribution in [0.4, 0.5) is 0 Å². The number of ether oxygens (including phenoxy) is 1. The molecule has 5 aliphatic rings. The fraction of sp³-hybridized carbons (Fsp3) is 0.727. The standard InChI is InChI=1S/C22H28O5/c1-20-7-5-13(23)9-12(20)3-4-14-15-6-8-22(26,19(25)17-11-27-17)21(15,2)10-16(24)18(14)20/h5,7,9,14-18,24,26H,3-4,6,8,10-11H2,1-2H3/t14-,15-,16-,17?,18+,20-,21-,22-/m0/s1. The molecule has 4 aliphatic carbocycles. The average molecular weight is 372 g/mol. The lowest BCUT2D eigenvalue weighted by molar-refractivity contribution is -0.177. The maximum atomic E-state index is 12.9. The van der Waals surface area contributed by atoms with Crippen molar-refractivity contribution >= 4 is 11.6 Å². The summed E-state index contributed by atoms with van der Waals surface area (Å²) in [4.78, 5) is 24.7. The van der Waals surface area contributed by atoms with Gasteiger partial charge in [0.2, 0.25) is 0 Å². The number of rotatable bonds is 2. The summed E-state index contributed by atoms with van der Waals surface area (Å²) in [5.41, 5.74) is -1.22. The number of aliphatic hydroxyl groups excluding tert-OH is 1. The molecule has 0 aromatic carbocycles. The van der Waals surface area contributed by atoms with Crippen LogP contribution in [0.5, 0.6) is 0 Å². The van der Waals surface area contributed by atoms with Gasteiger partial charge in [-0.25, -0.2) is 0 Å². The quantitative estimate of drug-likeness (QED) is 0.724. The van der Waals surface area contributed by atoms with E-state index < -0.39 is 23.2 Å². The summed E-state index contributed by atoms with van der Waals surface area (Å²) in [6, 6.07) is 0. The number of ketones is 2. The molecule has 1 heterocycles. The number of hydrogen-bond acceptors (Lipinski definition) is 5. The maximum absolute atomic E-state index is 12.9. The summed E-state index contributed by atoms with van der Waals surface area (Å²) in [5, 5.41) is 22.7. The smallest absolute Gasteiger partial charge is 0.195 e. The van der Waals surface area contributed by atoms with Gasteiger partial charge >= 0.3 is 0 Å². The molecule has 8 atom stereocenters. The van der Waals surface area contributed by atoms with Gasteiger partial charge in [-0.2, -0.15) is 0 Å². The van der Waals surface area contributed by atoms with Crippen LogP contribution in [-0.2, 0) is 14.3 Å². The van der Waals surface area contributed by atoms with E-state index in [0.717, 1.165) is 24.8 Å². The number of fused-ring (bicyclic) bond motifs is 5. The van der Waals surface area contributed by atoms with Crippen molar-refractivity contribution < 1.29 is 24.5 Å². The highest BCUT2D eigenvalue weighted by Gasteiger charge is 2.69. The molecule has 0 amide bonds. The van der Waals surface area contributed by atoms with E-state index in [1.54, 1.807) is 12.2 Å². The molecule has 5 heteroatoms. The number of carbonyl (C=O) groups excluding carboxylic acids is 2. The van der Waals surface area contributed by atoms with E-state index in [1.165, 1.54) is 0 Å². The first kappa shape index (κ1) is 17.8. The molecule has 146 valence electrons. The minimum absolute atomic E-state index is 0.0227. The van der Waals surface area contributed by atoms with Crippen LogP contribution in [0.1, 0.15) is 46.0 Å². The van der Waals surface area contributed by atoms with Crippen molar-refractivity contribution in [3.63, 3.8) is 0 Å². The summed E-state index contributed by atoms with van der Waals surface area (Å²) in [6.07, 6.45) is 7.69. The Hall–Kier alpha value is -1.30. The zero-order valence-electron chi connectivity index (χ0n) is 16.0. The molecular weight excluding hydrogens is 344 g/mol. The summed E-state index contributed by atoms with van der Waals surface area (Å²) >= 11 is 0. The lowest BCUT2D eigenvalue weighted by Gasteiger charge is -2.59. The largest absolute Gasteiger partial charge is 0.393 e. The van der Waals surface area contributed by atoms with E-state index in [1.807, 2.05) is 13.0 Å². The molecule has 1 aliphatic heterocycles. The van der Waals surface area contributed by atoms with Crippen molar-refractivity contribution in [2.24, 2.45) is 28.6 Å². The van der Waals surface area contributed by atoms with Crippen LogP contribution in [0.15, 0.2) is 23.8 Å². The van der Waals surface area contributed by atoms with E-state index in [-0.39, 0.29) is 34.7 Å². The Morgan fingerprint density at radius 1 is 1.30 bits per heavy atom. The molecule has 5 rings (SSSR count). The second-order valence-corrected chi connectivity index (χ2v) is 9.80.